The predicted octanol–water partition coefficient (Wildman–Crippen LogP) is 2.38. The third kappa shape index (κ3) is 1.75. The Hall–Kier alpha value is -1.65. The molecule has 5 aliphatic heterocycles. The van der Waals surface area contributed by atoms with Crippen molar-refractivity contribution in [2.24, 2.45) is 11.8 Å². The minimum atomic E-state index is -0.339. The van der Waals surface area contributed by atoms with Gasteiger partial charge in [-0.25, -0.2) is 0 Å². The van der Waals surface area contributed by atoms with Crippen LogP contribution in [0, 0.1) is 11.8 Å². The van der Waals surface area contributed by atoms with Crippen LogP contribution in [0.25, 0.3) is 0 Å². The molecule has 0 N–H and O–H groups in total. The molecule has 1 saturated carbocycles. The van der Waals surface area contributed by atoms with Crippen molar-refractivity contribution in [2.45, 2.75) is 36.8 Å². The number of benzene rings is 1. The second kappa shape index (κ2) is 5.20. The molecule has 1 spiro atoms. The van der Waals surface area contributed by atoms with Crippen LogP contribution >= 0.6 is 0 Å². The van der Waals surface area contributed by atoms with Gasteiger partial charge in [0.25, 0.3) is 0 Å². The van der Waals surface area contributed by atoms with Crippen molar-refractivity contribution >= 4 is 11.5 Å². The Balaban J connectivity index is 1.63. The number of carbonyl (C=O) groups is 1. The third-order valence-electron chi connectivity index (χ3n) is 7.82. The van der Waals surface area contributed by atoms with Crippen molar-refractivity contribution in [1.29, 1.82) is 0 Å². The second-order valence-corrected chi connectivity index (χ2v) is 8.87. The first kappa shape index (κ1) is 15.4. The largest absolute Gasteiger partial charge is 0.374 e. The van der Waals surface area contributed by atoms with Crippen LogP contribution in [0.15, 0.2) is 35.9 Å². The van der Waals surface area contributed by atoms with E-state index >= 15 is 0 Å². The SMILES string of the molecule is CN1CC[C@]23C(=O)C[C@H]4C(=CCO[C@H]5CCN(c6ccccc62)[C@H]3[C@H]54)C1. The van der Waals surface area contributed by atoms with E-state index in [1.54, 1.807) is 0 Å². The standard InChI is InChI=1S/C22H26N2O2/c1-23-10-8-22-16-4-2-3-5-17(16)24-9-6-18-20(21(22)24)15(12-19(22)25)14(13-23)7-11-26-18/h2-5,7,15,18,20-21H,6,8-13H2,1H3/t15-,18-,20-,21-,22+/m0/s1. The quantitative estimate of drug-likeness (QED) is 0.673. The number of para-hydroxylation sites is 1. The molecule has 0 aromatic heterocycles. The third-order valence-corrected chi connectivity index (χ3v) is 7.82. The monoisotopic (exact) mass is 350 g/mol. The number of Topliss-reactive ketones (excluding diaryl/α,β-unsaturated/α-hetero) is 1. The number of hydrogen-bond acceptors (Lipinski definition) is 4. The number of carbonyl (C=O) groups excluding carboxylic acids is 1. The lowest BCUT2D eigenvalue weighted by molar-refractivity contribution is -0.134. The average molecular weight is 350 g/mol. The lowest BCUT2D eigenvalue weighted by Crippen LogP contribution is -2.65. The van der Waals surface area contributed by atoms with Crippen molar-refractivity contribution in [2.75, 3.05) is 38.2 Å². The summed E-state index contributed by atoms with van der Waals surface area (Å²) in [5.74, 6) is 1.27. The van der Waals surface area contributed by atoms with E-state index in [9.17, 15) is 4.79 Å². The highest BCUT2D eigenvalue weighted by Crippen LogP contribution is 2.60. The van der Waals surface area contributed by atoms with Gasteiger partial charge in [-0.2, -0.15) is 0 Å². The maximum Gasteiger partial charge on any atom is 0.146 e. The highest BCUT2D eigenvalue weighted by atomic mass is 16.5. The first-order chi connectivity index (χ1) is 12.7. The molecule has 0 radical (unpaired) electrons. The lowest BCUT2D eigenvalue weighted by Gasteiger charge is -2.54. The molecular weight excluding hydrogens is 324 g/mol. The van der Waals surface area contributed by atoms with Crippen molar-refractivity contribution < 1.29 is 9.53 Å². The summed E-state index contributed by atoms with van der Waals surface area (Å²) in [6.07, 6.45) is 5.29. The number of piperidine rings is 1. The molecule has 1 aromatic carbocycles. The van der Waals surface area contributed by atoms with Gasteiger partial charge >= 0.3 is 0 Å². The van der Waals surface area contributed by atoms with Gasteiger partial charge in [0.05, 0.1) is 24.2 Å². The van der Waals surface area contributed by atoms with E-state index in [2.05, 4.69) is 47.2 Å². The van der Waals surface area contributed by atoms with Crippen molar-refractivity contribution in [3.05, 3.63) is 41.5 Å². The Labute approximate surface area is 154 Å². The van der Waals surface area contributed by atoms with Crippen LogP contribution < -0.4 is 4.90 Å². The van der Waals surface area contributed by atoms with Crippen LogP contribution in [0.5, 0.6) is 0 Å². The Morgan fingerprint density at radius 2 is 2.12 bits per heavy atom. The van der Waals surface area contributed by atoms with Gasteiger partial charge < -0.3 is 14.5 Å². The van der Waals surface area contributed by atoms with E-state index < -0.39 is 0 Å². The van der Waals surface area contributed by atoms with Gasteiger partial charge in [-0.1, -0.05) is 29.8 Å². The molecule has 136 valence electrons. The topological polar surface area (TPSA) is 32.8 Å². The molecule has 0 amide bonds. The molecule has 4 heteroatoms. The van der Waals surface area contributed by atoms with E-state index in [-0.39, 0.29) is 11.5 Å². The Morgan fingerprint density at radius 3 is 3.04 bits per heavy atom. The maximum atomic E-state index is 13.8. The summed E-state index contributed by atoms with van der Waals surface area (Å²) in [6, 6.07) is 8.99. The first-order valence-electron chi connectivity index (χ1n) is 10.1. The molecule has 7 rings (SSSR count). The summed E-state index contributed by atoms with van der Waals surface area (Å²) in [5.41, 5.74) is 3.71. The number of fused-ring (bicyclic) bond motifs is 6. The zero-order chi connectivity index (χ0) is 17.5. The van der Waals surface area contributed by atoms with Gasteiger partial charge in [-0.05, 0) is 44.0 Å². The van der Waals surface area contributed by atoms with E-state index in [1.807, 2.05) is 0 Å². The number of rotatable bonds is 0. The minimum absolute atomic E-state index is 0.276. The van der Waals surface area contributed by atoms with E-state index in [0.717, 1.165) is 32.5 Å². The summed E-state index contributed by atoms with van der Waals surface area (Å²) in [7, 11) is 2.21. The van der Waals surface area contributed by atoms with Gasteiger partial charge in [0.2, 0.25) is 0 Å². The summed E-state index contributed by atoms with van der Waals surface area (Å²) in [4.78, 5) is 18.8. The molecule has 6 aliphatic rings. The second-order valence-electron chi connectivity index (χ2n) is 8.87. The molecular formula is C22H26N2O2. The molecule has 4 nitrogen and oxygen atoms in total. The number of ether oxygens (including phenoxy) is 1. The predicted molar refractivity (Wildman–Crippen MR) is 100 cm³/mol. The van der Waals surface area contributed by atoms with Crippen LogP contribution in [-0.4, -0.2) is 56.1 Å². The molecule has 5 heterocycles. The number of hydrogen-bond donors (Lipinski definition) is 0. The highest BCUT2D eigenvalue weighted by Gasteiger charge is 2.65. The maximum absolute atomic E-state index is 13.8. The van der Waals surface area contributed by atoms with Crippen LogP contribution in [0.2, 0.25) is 0 Å². The van der Waals surface area contributed by atoms with Crippen molar-refractivity contribution in [1.82, 2.24) is 4.90 Å². The number of ketones is 1. The van der Waals surface area contributed by atoms with E-state index in [4.69, 9.17) is 4.74 Å². The molecule has 0 unspecified atom stereocenters. The fraction of sp³-hybridized carbons (Fsp3) is 0.591. The Kier molecular flexibility index (Phi) is 3.08. The van der Waals surface area contributed by atoms with Gasteiger partial charge in [0.15, 0.2) is 0 Å². The van der Waals surface area contributed by atoms with Crippen molar-refractivity contribution in [3.8, 4) is 0 Å². The van der Waals surface area contributed by atoms with Gasteiger partial charge in [0.1, 0.15) is 5.78 Å². The number of anilines is 1. The Bertz CT molecular complexity index is 818. The zero-order valence-corrected chi connectivity index (χ0v) is 15.4. The fourth-order valence-corrected chi connectivity index (χ4v) is 6.81. The van der Waals surface area contributed by atoms with E-state index in [1.165, 1.54) is 16.8 Å². The average Bonchev–Trinajstić information content (AvgIpc) is 2.88. The molecule has 1 aromatic rings. The molecule has 5 atom stereocenters. The molecule has 1 aliphatic carbocycles. The summed E-state index contributed by atoms with van der Waals surface area (Å²) < 4.78 is 6.35. The molecule has 4 bridgehead atoms. The van der Waals surface area contributed by atoms with E-state index in [0.29, 0.717) is 36.8 Å². The normalized spacial score (nSPS) is 41.0. The van der Waals surface area contributed by atoms with Crippen LogP contribution in [0.1, 0.15) is 24.8 Å². The Morgan fingerprint density at radius 1 is 1.23 bits per heavy atom. The number of nitrogens with zero attached hydrogens (tertiary/aromatic N) is 2. The minimum Gasteiger partial charge on any atom is -0.374 e. The first-order valence-corrected chi connectivity index (χ1v) is 10.1. The lowest BCUT2D eigenvalue weighted by atomic mass is 9.55. The van der Waals surface area contributed by atoms with Crippen LogP contribution in [0.3, 0.4) is 0 Å². The molecule has 3 saturated heterocycles. The van der Waals surface area contributed by atoms with Gasteiger partial charge in [0, 0.05) is 31.1 Å². The van der Waals surface area contributed by atoms with Crippen molar-refractivity contribution in [3.63, 3.8) is 0 Å². The number of likely N-dealkylation sites (N-methyl/N-ethyl adjacent to an activating group) is 1. The summed E-state index contributed by atoms with van der Waals surface area (Å²) in [6.45, 7) is 3.68. The van der Waals surface area contributed by atoms with Gasteiger partial charge in [-0.3, -0.25) is 4.79 Å². The molecule has 26 heavy (non-hydrogen) atoms. The summed E-state index contributed by atoms with van der Waals surface area (Å²) in [5, 5.41) is 0. The zero-order valence-electron chi connectivity index (χ0n) is 15.4. The van der Waals surface area contributed by atoms with Crippen LogP contribution in [-0.2, 0) is 14.9 Å². The fourth-order valence-electron chi connectivity index (χ4n) is 6.81. The summed E-state index contributed by atoms with van der Waals surface area (Å²) >= 11 is 0. The van der Waals surface area contributed by atoms with Crippen LogP contribution in [0.4, 0.5) is 5.69 Å². The smallest absolute Gasteiger partial charge is 0.146 e. The highest BCUT2D eigenvalue weighted by molar-refractivity contribution is 5.97. The van der Waals surface area contributed by atoms with Gasteiger partial charge in [-0.15, -0.1) is 0 Å². The molecule has 4 fully saturated rings.